The predicted octanol–water partition coefficient (Wildman–Crippen LogP) is 3.29. The molecule has 9 heteroatoms. The lowest BCUT2D eigenvalue weighted by Crippen LogP contribution is -1.94. The van der Waals surface area contributed by atoms with Gasteiger partial charge < -0.3 is 8.94 Å². The standard InChI is InChI=1S/C19H15N7O2/c1-12-3-4-15(27-12)17-14(10-25(2)23-17)19-22-18(24-28-19)13-5-6-21-16(9-13)26-8-7-20-11-26/h3-11H,1-2H3. The van der Waals surface area contributed by atoms with Gasteiger partial charge in [-0.1, -0.05) is 5.16 Å². The number of imidazole rings is 1. The zero-order chi connectivity index (χ0) is 19.1. The Morgan fingerprint density at radius 3 is 2.82 bits per heavy atom. The smallest absolute Gasteiger partial charge is 0.262 e. The predicted molar refractivity (Wildman–Crippen MR) is 99.3 cm³/mol. The van der Waals surface area contributed by atoms with Crippen LogP contribution in [0.2, 0.25) is 0 Å². The molecule has 0 amide bonds. The molecule has 5 rings (SSSR count). The monoisotopic (exact) mass is 373 g/mol. The van der Waals surface area contributed by atoms with Gasteiger partial charge in [0.15, 0.2) is 5.76 Å². The number of aryl methyl sites for hydroxylation is 2. The number of hydrogen-bond donors (Lipinski definition) is 0. The molecule has 5 aromatic heterocycles. The second-order valence-electron chi connectivity index (χ2n) is 6.27. The summed E-state index contributed by atoms with van der Waals surface area (Å²) in [6, 6.07) is 7.46. The minimum absolute atomic E-state index is 0.369. The topological polar surface area (TPSA) is 101 Å². The van der Waals surface area contributed by atoms with Crippen molar-refractivity contribution in [1.82, 2.24) is 34.5 Å². The molecule has 0 radical (unpaired) electrons. The van der Waals surface area contributed by atoms with E-state index in [1.165, 1.54) is 0 Å². The van der Waals surface area contributed by atoms with Crippen LogP contribution in [0.25, 0.3) is 40.1 Å². The van der Waals surface area contributed by atoms with Crippen LogP contribution < -0.4 is 0 Å². The minimum Gasteiger partial charge on any atom is -0.460 e. The summed E-state index contributed by atoms with van der Waals surface area (Å²) in [4.78, 5) is 12.9. The summed E-state index contributed by atoms with van der Waals surface area (Å²) in [6.07, 6.45) is 8.72. The third kappa shape index (κ3) is 2.78. The molecule has 5 heterocycles. The van der Waals surface area contributed by atoms with Crippen LogP contribution in [0.4, 0.5) is 0 Å². The van der Waals surface area contributed by atoms with Crippen LogP contribution in [-0.2, 0) is 7.05 Å². The fourth-order valence-electron chi connectivity index (χ4n) is 2.93. The molecule has 0 aliphatic carbocycles. The zero-order valence-corrected chi connectivity index (χ0v) is 15.1. The van der Waals surface area contributed by atoms with Gasteiger partial charge in [-0.15, -0.1) is 0 Å². The number of furan rings is 1. The number of nitrogens with zero attached hydrogens (tertiary/aromatic N) is 7. The highest BCUT2D eigenvalue weighted by atomic mass is 16.5. The second-order valence-corrected chi connectivity index (χ2v) is 6.27. The molecule has 5 aromatic rings. The minimum atomic E-state index is 0.369. The van der Waals surface area contributed by atoms with E-state index < -0.39 is 0 Å². The molecule has 0 aromatic carbocycles. The first kappa shape index (κ1) is 16.2. The largest absolute Gasteiger partial charge is 0.460 e. The van der Waals surface area contributed by atoms with Gasteiger partial charge >= 0.3 is 0 Å². The molecule has 0 spiro atoms. The van der Waals surface area contributed by atoms with E-state index in [1.54, 1.807) is 23.4 Å². The lowest BCUT2D eigenvalue weighted by molar-refractivity contribution is 0.432. The molecule has 9 nitrogen and oxygen atoms in total. The highest BCUT2D eigenvalue weighted by Gasteiger charge is 2.21. The van der Waals surface area contributed by atoms with Crippen molar-refractivity contribution in [3.8, 4) is 40.1 Å². The van der Waals surface area contributed by atoms with Crippen molar-refractivity contribution in [3.05, 3.63) is 61.1 Å². The number of rotatable bonds is 4. The Labute approximate surface area is 159 Å². The molecule has 0 N–H and O–H groups in total. The lowest BCUT2D eigenvalue weighted by atomic mass is 10.2. The van der Waals surface area contributed by atoms with Crippen LogP contribution in [0, 0.1) is 6.92 Å². The van der Waals surface area contributed by atoms with Crippen LogP contribution in [0.1, 0.15) is 5.76 Å². The Kier molecular flexibility index (Phi) is 3.64. The molecule has 0 bridgehead atoms. The molecule has 0 aliphatic heterocycles. The van der Waals surface area contributed by atoms with Crippen LogP contribution >= 0.6 is 0 Å². The van der Waals surface area contributed by atoms with Gasteiger partial charge in [-0.3, -0.25) is 9.25 Å². The van der Waals surface area contributed by atoms with E-state index in [9.17, 15) is 0 Å². The van der Waals surface area contributed by atoms with Crippen LogP contribution in [0.3, 0.4) is 0 Å². The SMILES string of the molecule is Cc1ccc(-c2nn(C)cc2-c2nc(-c3ccnc(-n4ccnc4)c3)no2)o1. The van der Waals surface area contributed by atoms with Crippen LogP contribution in [0.15, 0.2) is 64.3 Å². The van der Waals surface area contributed by atoms with Gasteiger partial charge in [0, 0.05) is 37.4 Å². The first-order valence-electron chi connectivity index (χ1n) is 8.57. The van der Waals surface area contributed by atoms with E-state index in [1.807, 2.05) is 55.2 Å². The van der Waals surface area contributed by atoms with E-state index >= 15 is 0 Å². The fourth-order valence-corrected chi connectivity index (χ4v) is 2.93. The third-order valence-corrected chi connectivity index (χ3v) is 4.23. The third-order valence-electron chi connectivity index (χ3n) is 4.23. The Bertz CT molecular complexity index is 1250. The molecule has 0 unspecified atom stereocenters. The molecular formula is C19H15N7O2. The summed E-state index contributed by atoms with van der Waals surface area (Å²) in [5, 5.41) is 8.60. The Morgan fingerprint density at radius 1 is 1.11 bits per heavy atom. The molecule has 0 aliphatic rings. The van der Waals surface area contributed by atoms with E-state index in [2.05, 4.69) is 25.2 Å². The van der Waals surface area contributed by atoms with Crippen molar-refractivity contribution in [1.29, 1.82) is 0 Å². The van der Waals surface area contributed by atoms with Crippen molar-refractivity contribution in [2.45, 2.75) is 6.92 Å². The highest BCUT2D eigenvalue weighted by Crippen LogP contribution is 2.32. The first-order chi connectivity index (χ1) is 13.7. The molecule has 0 fully saturated rings. The maximum absolute atomic E-state index is 5.71. The van der Waals surface area contributed by atoms with Crippen molar-refractivity contribution >= 4 is 0 Å². The van der Waals surface area contributed by atoms with E-state index in [0.717, 1.165) is 17.1 Å². The van der Waals surface area contributed by atoms with Gasteiger partial charge in [-0.25, -0.2) is 9.97 Å². The maximum Gasteiger partial charge on any atom is 0.262 e. The van der Waals surface area contributed by atoms with E-state index in [0.29, 0.717) is 28.7 Å². The number of aromatic nitrogens is 7. The molecule has 138 valence electrons. The molecule has 0 saturated heterocycles. The van der Waals surface area contributed by atoms with Crippen molar-refractivity contribution in [2.24, 2.45) is 7.05 Å². The average molecular weight is 373 g/mol. The normalized spacial score (nSPS) is 11.2. The average Bonchev–Trinajstić information content (AvgIpc) is 3.48. The summed E-state index contributed by atoms with van der Waals surface area (Å²) in [7, 11) is 1.83. The van der Waals surface area contributed by atoms with Gasteiger partial charge in [0.2, 0.25) is 5.82 Å². The van der Waals surface area contributed by atoms with Gasteiger partial charge in [0.05, 0.1) is 5.56 Å². The maximum atomic E-state index is 5.71. The van der Waals surface area contributed by atoms with Crippen molar-refractivity contribution < 1.29 is 8.94 Å². The number of pyridine rings is 1. The molecular weight excluding hydrogens is 358 g/mol. The summed E-state index contributed by atoms with van der Waals surface area (Å²) in [5.41, 5.74) is 2.15. The first-order valence-corrected chi connectivity index (χ1v) is 8.57. The Balaban J connectivity index is 1.54. The quantitative estimate of drug-likeness (QED) is 0.476. The molecule has 28 heavy (non-hydrogen) atoms. The fraction of sp³-hybridized carbons (Fsp3) is 0.105. The van der Waals surface area contributed by atoms with Gasteiger partial charge in [-0.2, -0.15) is 10.1 Å². The van der Waals surface area contributed by atoms with Gasteiger partial charge in [0.25, 0.3) is 5.89 Å². The molecule has 0 atom stereocenters. The summed E-state index contributed by atoms with van der Waals surface area (Å²) in [5.74, 6) is 3.01. The van der Waals surface area contributed by atoms with Crippen molar-refractivity contribution in [3.63, 3.8) is 0 Å². The summed E-state index contributed by atoms with van der Waals surface area (Å²) < 4.78 is 14.7. The summed E-state index contributed by atoms with van der Waals surface area (Å²) >= 11 is 0. The van der Waals surface area contributed by atoms with Crippen molar-refractivity contribution in [2.75, 3.05) is 0 Å². The molecule has 0 saturated carbocycles. The van der Waals surface area contributed by atoms with E-state index in [4.69, 9.17) is 8.94 Å². The number of hydrogen-bond acceptors (Lipinski definition) is 7. The van der Waals surface area contributed by atoms with Crippen LogP contribution in [-0.4, -0.2) is 34.5 Å². The van der Waals surface area contributed by atoms with Crippen LogP contribution in [0.5, 0.6) is 0 Å². The summed E-state index contributed by atoms with van der Waals surface area (Å²) in [6.45, 7) is 1.89. The lowest BCUT2D eigenvalue weighted by Gasteiger charge is -2.01. The van der Waals surface area contributed by atoms with E-state index in [-0.39, 0.29) is 0 Å². The highest BCUT2D eigenvalue weighted by molar-refractivity contribution is 5.74. The Morgan fingerprint density at radius 2 is 2.04 bits per heavy atom. The van der Waals surface area contributed by atoms with Gasteiger partial charge in [0.1, 0.15) is 23.6 Å². The van der Waals surface area contributed by atoms with Gasteiger partial charge in [-0.05, 0) is 31.2 Å². The second kappa shape index (κ2) is 6.31. The Hall–Kier alpha value is -4.01. The zero-order valence-electron chi connectivity index (χ0n) is 15.1.